The molecule has 0 spiro atoms. The Morgan fingerprint density at radius 2 is 2.25 bits per heavy atom. The van der Waals surface area contributed by atoms with E-state index in [4.69, 9.17) is 4.74 Å². The van der Waals surface area contributed by atoms with Gasteiger partial charge in [0.15, 0.2) is 5.75 Å². The summed E-state index contributed by atoms with van der Waals surface area (Å²) in [6, 6.07) is 0. The van der Waals surface area contributed by atoms with Gasteiger partial charge in [0.05, 0.1) is 13.3 Å². The van der Waals surface area contributed by atoms with Crippen LogP contribution < -0.4 is 4.74 Å². The van der Waals surface area contributed by atoms with Crippen LogP contribution >= 0.6 is 0 Å². The molecular formula is C11H21N3O2. The van der Waals surface area contributed by atoms with E-state index < -0.39 is 6.10 Å². The number of nitrogens with zero attached hydrogens (tertiary/aromatic N) is 3. The van der Waals surface area contributed by atoms with Gasteiger partial charge in [0.1, 0.15) is 11.8 Å². The fourth-order valence-electron chi connectivity index (χ4n) is 1.69. The van der Waals surface area contributed by atoms with Gasteiger partial charge in [0, 0.05) is 13.1 Å². The average Bonchev–Trinajstić information content (AvgIpc) is 2.60. The molecule has 0 bridgehead atoms. The Balaban J connectivity index is 2.92. The summed E-state index contributed by atoms with van der Waals surface area (Å²) in [6.45, 7) is 3.44. The maximum Gasteiger partial charge on any atom is 0.162 e. The molecule has 1 aromatic rings. The van der Waals surface area contributed by atoms with Gasteiger partial charge in [-0.1, -0.05) is 6.92 Å². The number of rotatable bonds is 6. The van der Waals surface area contributed by atoms with Crippen molar-refractivity contribution >= 4 is 0 Å². The molecule has 0 aliphatic heterocycles. The average molecular weight is 227 g/mol. The van der Waals surface area contributed by atoms with E-state index in [1.165, 1.54) is 0 Å². The molecule has 0 aliphatic carbocycles. The van der Waals surface area contributed by atoms with Crippen molar-refractivity contribution in [3.63, 3.8) is 0 Å². The molecule has 0 radical (unpaired) electrons. The summed E-state index contributed by atoms with van der Waals surface area (Å²) in [5, 5.41) is 14.3. The van der Waals surface area contributed by atoms with Crippen molar-refractivity contribution in [3.8, 4) is 5.75 Å². The van der Waals surface area contributed by atoms with Gasteiger partial charge in [-0.05, 0) is 20.5 Å². The summed E-state index contributed by atoms with van der Waals surface area (Å²) in [5.41, 5.74) is 0.762. The summed E-state index contributed by atoms with van der Waals surface area (Å²) in [4.78, 5) is 1.94. The highest BCUT2D eigenvalue weighted by Gasteiger charge is 2.19. The largest absolute Gasteiger partial charge is 0.493 e. The van der Waals surface area contributed by atoms with Crippen LogP contribution in [0.1, 0.15) is 25.1 Å². The number of aliphatic hydroxyl groups excluding tert-OH is 1. The van der Waals surface area contributed by atoms with Crippen LogP contribution in [0.15, 0.2) is 6.20 Å². The van der Waals surface area contributed by atoms with E-state index in [2.05, 4.69) is 12.0 Å². The molecule has 0 saturated heterocycles. The van der Waals surface area contributed by atoms with E-state index in [-0.39, 0.29) is 0 Å². The fraction of sp³-hybridized carbons (Fsp3) is 0.727. The van der Waals surface area contributed by atoms with Crippen molar-refractivity contribution in [2.75, 3.05) is 27.7 Å². The number of likely N-dealkylation sites (N-methyl/N-ethyl adjacent to an activating group) is 1. The van der Waals surface area contributed by atoms with Crippen molar-refractivity contribution in [2.24, 2.45) is 0 Å². The molecule has 1 heterocycles. The number of hydrogen-bond donors (Lipinski definition) is 1. The number of aromatic nitrogens is 2. The zero-order valence-corrected chi connectivity index (χ0v) is 10.5. The van der Waals surface area contributed by atoms with Crippen LogP contribution in [0, 0.1) is 0 Å². The van der Waals surface area contributed by atoms with Gasteiger partial charge < -0.3 is 14.7 Å². The highest BCUT2D eigenvalue weighted by molar-refractivity contribution is 5.27. The Kier molecular flexibility index (Phi) is 4.76. The van der Waals surface area contributed by atoms with Crippen molar-refractivity contribution < 1.29 is 9.84 Å². The van der Waals surface area contributed by atoms with Crippen LogP contribution in [0.4, 0.5) is 0 Å². The second kappa shape index (κ2) is 5.86. The predicted molar refractivity (Wildman–Crippen MR) is 62.6 cm³/mol. The molecule has 16 heavy (non-hydrogen) atoms. The van der Waals surface area contributed by atoms with E-state index in [1.807, 2.05) is 23.7 Å². The molecule has 0 fully saturated rings. The summed E-state index contributed by atoms with van der Waals surface area (Å²) >= 11 is 0. The highest BCUT2D eigenvalue weighted by Crippen LogP contribution is 2.25. The van der Waals surface area contributed by atoms with Crippen molar-refractivity contribution in [1.82, 2.24) is 14.7 Å². The minimum atomic E-state index is -0.570. The molecule has 92 valence electrons. The number of methoxy groups -OCH3 is 1. The second-order valence-electron chi connectivity index (χ2n) is 4.10. The smallest absolute Gasteiger partial charge is 0.162 e. The second-order valence-corrected chi connectivity index (χ2v) is 4.10. The maximum absolute atomic E-state index is 10.1. The lowest BCUT2D eigenvalue weighted by atomic mass is 10.2. The first-order valence-electron chi connectivity index (χ1n) is 5.52. The van der Waals surface area contributed by atoms with Crippen molar-refractivity contribution in [1.29, 1.82) is 0 Å². The van der Waals surface area contributed by atoms with Gasteiger partial charge in [-0.25, -0.2) is 0 Å². The Hall–Kier alpha value is -1.07. The van der Waals surface area contributed by atoms with Crippen LogP contribution in [-0.2, 0) is 6.54 Å². The topological polar surface area (TPSA) is 50.5 Å². The van der Waals surface area contributed by atoms with E-state index in [0.717, 1.165) is 18.7 Å². The Bertz CT molecular complexity index is 323. The molecule has 1 aromatic heterocycles. The zero-order chi connectivity index (χ0) is 12.1. The van der Waals surface area contributed by atoms with Gasteiger partial charge in [-0.3, -0.25) is 4.68 Å². The molecule has 1 unspecified atom stereocenters. The van der Waals surface area contributed by atoms with Gasteiger partial charge >= 0.3 is 0 Å². The van der Waals surface area contributed by atoms with Gasteiger partial charge in [0.25, 0.3) is 0 Å². The zero-order valence-electron chi connectivity index (χ0n) is 10.5. The van der Waals surface area contributed by atoms with Crippen molar-refractivity contribution in [3.05, 3.63) is 11.9 Å². The molecule has 1 rings (SSSR count). The molecule has 1 N–H and O–H groups in total. The lowest BCUT2D eigenvalue weighted by Gasteiger charge is -2.18. The van der Waals surface area contributed by atoms with Crippen LogP contribution in [0.3, 0.4) is 0 Å². The number of aliphatic hydroxyl groups is 1. The molecule has 0 saturated carbocycles. The third-order valence-corrected chi connectivity index (χ3v) is 2.35. The van der Waals surface area contributed by atoms with Gasteiger partial charge in [-0.15, -0.1) is 0 Å². The summed E-state index contributed by atoms with van der Waals surface area (Å²) in [6.07, 6.45) is 2.06. The Morgan fingerprint density at radius 3 is 2.75 bits per heavy atom. The third-order valence-electron chi connectivity index (χ3n) is 2.35. The molecule has 0 aromatic carbocycles. The quantitative estimate of drug-likeness (QED) is 0.784. The minimum absolute atomic E-state index is 0.561. The Labute approximate surface area is 96.6 Å². The maximum atomic E-state index is 10.1. The molecule has 0 amide bonds. The lowest BCUT2D eigenvalue weighted by Crippen LogP contribution is -2.22. The standard InChI is InChI=1S/C11H21N3O2/c1-5-6-14-11(9(15)8-13(2)3)10(16-4)7-12-14/h7,9,15H,5-6,8H2,1-4H3. The highest BCUT2D eigenvalue weighted by atomic mass is 16.5. The van der Waals surface area contributed by atoms with Crippen LogP contribution in [0.25, 0.3) is 0 Å². The number of aryl methyl sites for hydroxylation is 1. The monoisotopic (exact) mass is 227 g/mol. The predicted octanol–water partition coefficient (Wildman–Crippen LogP) is 0.897. The Morgan fingerprint density at radius 1 is 1.56 bits per heavy atom. The molecule has 5 heteroatoms. The van der Waals surface area contributed by atoms with Gasteiger partial charge in [-0.2, -0.15) is 5.10 Å². The minimum Gasteiger partial charge on any atom is -0.493 e. The molecular weight excluding hydrogens is 206 g/mol. The van der Waals surface area contributed by atoms with E-state index in [1.54, 1.807) is 13.3 Å². The normalized spacial score (nSPS) is 13.1. The first-order chi connectivity index (χ1) is 7.60. The summed E-state index contributed by atoms with van der Waals surface area (Å²) in [7, 11) is 5.45. The number of ether oxygens (including phenoxy) is 1. The first kappa shape index (κ1) is 13.0. The number of hydrogen-bond acceptors (Lipinski definition) is 4. The van der Waals surface area contributed by atoms with E-state index >= 15 is 0 Å². The molecule has 5 nitrogen and oxygen atoms in total. The fourth-order valence-corrected chi connectivity index (χ4v) is 1.69. The van der Waals surface area contributed by atoms with Gasteiger partial charge in [0.2, 0.25) is 0 Å². The molecule has 1 atom stereocenters. The third kappa shape index (κ3) is 2.96. The van der Waals surface area contributed by atoms with Crippen LogP contribution in [0.2, 0.25) is 0 Å². The molecule has 0 aliphatic rings. The lowest BCUT2D eigenvalue weighted by molar-refractivity contribution is 0.126. The summed E-state index contributed by atoms with van der Waals surface area (Å²) in [5.74, 6) is 0.655. The first-order valence-corrected chi connectivity index (χ1v) is 5.52. The SMILES string of the molecule is CCCn1ncc(OC)c1C(O)CN(C)C. The van der Waals surface area contributed by atoms with Crippen LogP contribution in [-0.4, -0.2) is 47.5 Å². The van der Waals surface area contributed by atoms with Crippen molar-refractivity contribution in [2.45, 2.75) is 26.0 Å². The van der Waals surface area contributed by atoms with E-state index in [0.29, 0.717) is 12.3 Å². The van der Waals surface area contributed by atoms with Crippen LogP contribution in [0.5, 0.6) is 5.75 Å². The summed E-state index contributed by atoms with van der Waals surface area (Å²) < 4.78 is 7.03. The van der Waals surface area contributed by atoms with E-state index in [9.17, 15) is 5.11 Å².